The zero-order chi connectivity index (χ0) is 22.1. The molecule has 8 nitrogen and oxygen atoms in total. The molecule has 2 heterocycles. The third kappa shape index (κ3) is 6.10. The van der Waals surface area contributed by atoms with Crippen LogP contribution in [-0.4, -0.2) is 42.0 Å². The van der Waals surface area contributed by atoms with E-state index in [0.717, 1.165) is 28.6 Å². The Hall–Kier alpha value is -3.79. The van der Waals surface area contributed by atoms with Gasteiger partial charge in [0.15, 0.2) is 5.13 Å². The summed E-state index contributed by atoms with van der Waals surface area (Å²) in [6.45, 7) is 1.50. The molecule has 0 saturated heterocycles. The number of rotatable bonds is 8. The van der Waals surface area contributed by atoms with Gasteiger partial charge in [0.05, 0.1) is 17.8 Å². The normalized spacial score (nSPS) is 11.3. The Morgan fingerprint density at radius 1 is 1.19 bits per heavy atom. The number of amides is 2. The van der Waals surface area contributed by atoms with Crippen LogP contribution in [-0.2, 0) is 9.59 Å². The highest BCUT2D eigenvalue weighted by Gasteiger charge is 2.12. The van der Waals surface area contributed by atoms with Crippen molar-refractivity contribution in [3.8, 4) is 22.4 Å². The molecule has 0 bridgehead atoms. The van der Waals surface area contributed by atoms with Gasteiger partial charge in [-0.15, -0.1) is 11.3 Å². The molecular formula is C21H20BN6O2S. The first-order chi connectivity index (χ1) is 15.1. The second kappa shape index (κ2) is 10.8. The average Bonchev–Trinajstić information content (AvgIpc) is 3.27. The van der Waals surface area contributed by atoms with Crippen LogP contribution in [0.5, 0.6) is 0 Å². The Morgan fingerprint density at radius 2 is 1.97 bits per heavy atom. The van der Waals surface area contributed by atoms with Crippen molar-refractivity contribution in [3.63, 3.8) is 0 Å². The molecule has 3 aromatic rings. The molecule has 4 N–H and O–H groups in total. The van der Waals surface area contributed by atoms with Crippen LogP contribution in [0.2, 0.25) is 6.82 Å². The van der Waals surface area contributed by atoms with E-state index < -0.39 is 11.8 Å². The molecule has 31 heavy (non-hydrogen) atoms. The molecule has 0 saturated carbocycles. The molecular weight excluding hydrogens is 411 g/mol. The third-order valence-electron chi connectivity index (χ3n) is 4.14. The standard InChI is InChI=1S/C21H20BN6O2S/c1-22-26-11-17(10-23)20(30)25-12-19(29)28-21-27-18(13-31-21)16-4-2-3-15(9-16)14-5-7-24-8-6-14/h2-11,13H,12,23H2,1H3,(H,25,30)(H,27,28,29)/b17-10+,26-11+. The lowest BCUT2D eigenvalue weighted by Crippen LogP contribution is -2.34. The van der Waals surface area contributed by atoms with Gasteiger partial charge in [0.25, 0.3) is 13.3 Å². The van der Waals surface area contributed by atoms with Crippen LogP contribution in [0.4, 0.5) is 5.13 Å². The van der Waals surface area contributed by atoms with Gasteiger partial charge in [-0.2, -0.15) is 0 Å². The zero-order valence-corrected chi connectivity index (χ0v) is 17.6. The van der Waals surface area contributed by atoms with Crippen LogP contribution < -0.4 is 16.4 Å². The van der Waals surface area contributed by atoms with Gasteiger partial charge in [-0.25, -0.2) is 4.98 Å². The SMILES string of the molecule is C[B]/N=C/C(=C\N)C(=O)NCC(=O)Nc1nc(-c2cccc(-c3ccncc3)c2)cs1. The van der Waals surface area contributed by atoms with E-state index in [2.05, 4.69) is 25.5 Å². The molecule has 10 heteroatoms. The fraction of sp³-hybridized carbons (Fsp3) is 0.0952. The molecule has 3 rings (SSSR count). The van der Waals surface area contributed by atoms with Crippen LogP contribution in [0.1, 0.15) is 0 Å². The van der Waals surface area contributed by atoms with E-state index in [1.807, 2.05) is 41.8 Å². The van der Waals surface area contributed by atoms with Crippen LogP contribution >= 0.6 is 11.3 Å². The molecule has 0 atom stereocenters. The molecule has 1 radical (unpaired) electrons. The maximum absolute atomic E-state index is 12.2. The second-order valence-electron chi connectivity index (χ2n) is 6.24. The molecule has 1 aromatic carbocycles. The van der Waals surface area contributed by atoms with Crippen molar-refractivity contribution in [3.05, 3.63) is 65.9 Å². The molecule has 0 aliphatic heterocycles. The van der Waals surface area contributed by atoms with Crippen LogP contribution in [0.25, 0.3) is 22.4 Å². The van der Waals surface area contributed by atoms with Crippen molar-refractivity contribution in [1.82, 2.24) is 15.3 Å². The van der Waals surface area contributed by atoms with Gasteiger partial charge < -0.3 is 21.3 Å². The topological polar surface area (TPSA) is 122 Å². The van der Waals surface area contributed by atoms with Crippen molar-refractivity contribution in [1.29, 1.82) is 0 Å². The number of thiazole rings is 1. The first-order valence-electron chi connectivity index (χ1n) is 9.38. The second-order valence-corrected chi connectivity index (χ2v) is 7.10. The summed E-state index contributed by atoms with van der Waals surface area (Å²) in [5.74, 6) is -0.883. The van der Waals surface area contributed by atoms with E-state index in [1.54, 1.807) is 19.2 Å². The minimum atomic E-state index is -0.490. The van der Waals surface area contributed by atoms with Gasteiger partial charge in [0.1, 0.15) is 0 Å². The minimum Gasteiger partial charge on any atom is -0.404 e. The van der Waals surface area contributed by atoms with E-state index in [1.165, 1.54) is 25.0 Å². The molecule has 0 spiro atoms. The molecule has 2 amide bonds. The Labute approximate surface area is 184 Å². The number of nitrogens with two attached hydrogens (primary N) is 1. The predicted octanol–water partition coefficient (Wildman–Crippen LogP) is 2.51. The molecule has 0 aliphatic carbocycles. The van der Waals surface area contributed by atoms with Crippen LogP contribution in [0, 0.1) is 0 Å². The smallest absolute Gasteiger partial charge is 0.271 e. The van der Waals surface area contributed by atoms with Gasteiger partial charge >= 0.3 is 0 Å². The summed E-state index contributed by atoms with van der Waals surface area (Å²) in [5.41, 5.74) is 9.37. The number of aromatic nitrogens is 2. The first-order valence-corrected chi connectivity index (χ1v) is 10.3. The average molecular weight is 431 g/mol. The number of hydrogen-bond acceptors (Lipinski definition) is 7. The quantitative estimate of drug-likeness (QED) is 0.287. The fourth-order valence-electron chi connectivity index (χ4n) is 2.62. The minimum absolute atomic E-state index is 0.163. The highest BCUT2D eigenvalue weighted by molar-refractivity contribution is 7.14. The summed E-state index contributed by atoms with van der Waals surface area (Å²) in [6.07, 6.45) is 5.95. The Morgan fingerprint density at radius 3 is 2.71 bits per heavy atom. The highest BCUT2D eigenvalue weighted by atomic mass is 32.1. The monoisotopic (exact) mass is 431 g/mol. The van der Waals surface area contributed by atoms with Gasteiger partial charge in [-0.05, 0) is 29.3 Å². The number of anilines is 1. The molecule has 0 unspecified atom stereocenters. The lowest BCUT2D eigenvalue weighted by atomic mass is 10.0. The molecule has 2 aromatic heterocycles. The number of pyridine rings is 1. The zero-order valence-electron chi connectivity index (χ0n) is 16.8. The maximum Gasteiger partial charge on any atom is 0.271 e. The number of benzene rings is 1. The Balaban J connectivity index is 1.61. The predicted molar refractivity (Wildman–Crippen MR) is 125 cm³/mol. The van der Waals surface area contributed by atoms with Crippen molar-refractivity contribution in [2.75, 3.05) is 11.9 Å². The summed E-state index contributed by atoms with van der Waals surface area (Å²) in [4.78, 5) is 36.6. The van der Waals surface area contributed by atoms with Crippen molar-refractivity contribution < 1.29 is 9.59 Å². The maximum atomic E-state index is 12.2. The van der Waals surface area contributed by atoms with Crippen molar-refractivity contribution >= 4 is 41.9 Å². The number of carbonyl (C=O) groups is 2. The van der Waals surface area contributed by atoms with Gasteiger partial charge in [-0.1, -0.05) is 25.0 Å². The van der Waals surface area contributed by atoms with E-state index in [0.29, 0.717) is 5.13 Å². The Bertz CT molecular complexity index is 1110. The molecule has 0 fully saturated rings. The highest BCUT2D eigenvalue weighted by Crippen LogP contribution is 2.28. The lowest BCUT2D eigenvalue weighted by molar-refractivity contribution is -0.121. The van der Waals surface area contributed by atoms with E-state index in [9.17, 15) is 9.59 Å². The summed E-state index contributed by atoms with van der Waals surface area (Å²) in [7, 11) is 1.52. The van der Waals surface area contributed by atoms with Gasteiger partial charge in [-0.3, -0.25) is 14.6 Å². The molecule has 0 aliphatic rings. The third-order valence-corrected chi connectivity index (χ3v) is 4.89. The molecule has 155 valence electrons. The number of nitrogens with zero attached hydrogens (tertiary/aromatic N) is 3. The summed E-state index contributed by atoms with van der Waals surface area (Å²) < 4.78 is 0. The van der Waals surface area contributed by atoms with E-state index >= 15 is 0 Å². The number of carbonyl (C=O) groups excluding carboxylic acids is 2. The van der Waals surface area contributed by atoms with Crippen molar-refractivity contribution in [2.24, 2.45) is 10.6 Å². The van der Waals surface area contributed by atoms with Crippen LogP contribution in [0.3, 0.4) is 0 Å². The summed E-state index contributed by atoms with van der Waals surface area (Å²) in [5, 5.41) is 7.50. The lowest BCUT2D eigenvalue weighted by Gasteiger charge is -2.05. The van der Waals surface area contributed by atoms with E-state index in [-0.39, 0.29) is 12.1 Å². The van der Waals surface area contributed by atoms with Crippen LogP contribution in [0.15, 0.2) is 70.8 Å². The van der Waals surface area contributed by atoms with Gasteiger partial charge in [0, 0.05) is 35.8 Å². The first kappa shape index (κ1) is 21.9. The Kier molecular flexibility index (Phi) is 7.66. The number of hydrogen-bond donors (Lipinski definition) is 3. The van der Waals surface area contributed by atoms with E-state index in [4.69, 9.17) is 5.73 Å². The number of nitrogens with one attached hydrogen (secondary N) is 2. The summed E-state index contributed by atoms with van der Waals surface area (Å²) in [6, 6.07) is 11.9. The van der Waals surface area contributed by atoms with Gasteiger partial charge in [0.2, 0.25) is 5.91 Å². The fourth-order valence-corrected chi connectivity index (χ4v) is 3.36. The largest absolute Gasteiger partial charge is 0.404 e. The summed E-state index contributed by atoms with van der Waals surface area (Å²) >= 11 is 1.31. The van der Waals surface area contributed by atoms with Crippen molar-refractivity contribution in [2.45, 2.75) is 6.82 Å².